The number of rotatable bonds is 5. The Kier molecular flexibility index (Phi) is 4.92. The van der Waals surface area contributed by atoms with Gasteiger partial charge in [-0.1, -0.05) is 24.3 Å². The van der Waals surface area contributed by atoms with Crippen LogP contribution in [0.5, 0.6) is 11.5 Å². The number of carbonyl (C=O) groups is 2. The van der Waals surface area contributed by atoms with Crippen molar-refractivity contribution in [1.29, 1.82) is 0 Å². The summed E-state index contributed by atoms with van der Waals surface area (Å²) in [4.78, 5) is 28.0. The lowest BCUT2D eigenvalue weighted by atomic mass is 9.83. The molecular formula is C21H21NO5. The van der Waals surface area contributed by atoms with E-state index in [1.54, 1.807) is 30.3 Å². The molecule has 2 aliphatic rings. The summed E-state index contributed by atoms with van der Waals surface area (Å²) >= 11 is 0. The van der Waals surface area contributed by atoms with Crippen molar-refractivity contribution in [3.05, 3.63) is 58.7 Å². The summed E-state index contributed by atoms with van der Waals surface area (Å²) in [6, 6.07) is 9.63. The average molecular weight is 367 g/mol. The van der Waals surface area contributed by atoms with Gasteiger partial charge in [0.1, 0.15) is 11.5 Å². The van der Waals surface area contributed by atoms with Crippen LogP contribution in [0.3, 0.4) is 0 Å². The lowest BCUT2D eigenvalue weighted by Gasteiger charge is -2.26. The number of phenolic OH excluding ortho intramolecular Hbond substituents is 1. The first kappa shape index (κ1) is 17.7. The highest BCUT2D eigenvalue weighted by Gasteiger charge is 2.34. The van der Waals surface area contributed by atoms with Gasteiger partial charge in [0.2, 0.25) is 0 Å². The summed E-state index contributed by atoms with van der Waals surface area (Å²) in [6.45, 7) is 4.65. The van der Waals surface area contributed by atoms with E-state index in [1.165, 1.54) is 6.07 Å². The Morgan fingerprint density at radius 1 is 0.963 bits per heavy atom. The van der Waals surface area contributed by atoms with Gasteiger partial charge in [0.25, 0.3) is 0 Å². The summed E-state index contributed by atoms with van der Waals surface area (Å²) in [5, 5.41) is 10.2. The van der Waals surface area contributed by atoms with Crippen molar-refractivity contribution < 1.29 is 24.2 Å². The number of phenols is 1. The number of ether oxygens (including phenoxy) is 2. The molecular weight excluding hydrogens is 346 g/mol. The molecule has 4 rings (SSSR count). The van der Waals surface area contributed by atoms with Crippen LogP contribution in [0.4, 0.5) is 0 Å². The van der Waals surface area contributed by atoms with Crippen molar-refractivity contribution >= 4 is 11.6 Å². The summed E-state index contributed by atoms with van der Waals surface area (Å²) in [6.07, 6.45) is 0.800. The van der Waals surface area contributed by atoms with Crippen LogP contribution in [0, 0.1) is 0 Å². The first-order valence-electron chi connectivity index (χ1n) is 9.14. The highest BCUT2D eigenvalue weighted by Crippen LogP contribution is 2.38. The smallest absolute Gasteiger partial charge is 0.198 e. The molecule has 0 unspecified atom stereocenters. The predicted molar refractivity (Wildman–Crippen MR) is 98.8 cm³/mol. The molecule has 1 fully saturated rings. The fourth-order valence-corrected chi connectivity index (χ4v) is 3.59. The largest absolute Gasteiger partial charge is 0.507 e. The number of ketones is 2. The molecule has 0 aromatic heterocycles. The Labute approximate surface area is 157 Å². The fourth-order valence-electron chi connectivity index (χ4n) is 3.59. The van der Waals surface area contributed by atoms with Crippen molar-refractivity contribution in [3.8, 4) is 11.5 Å². The zero-order valence-corrected chi connectivity index (χ0v) is 14.9. The molecule has 2 aromatic carbocycles. The molecule has 0 atom stereocenters. The Balaban J connectivity index is 1.53. The number of nitrogens with zero attached hydrogens (tertiary/aromatic N) is 1. The number of aromatic hydroxyl groups is 1. The van der Waals surface area contributed by atoms with Gasteiger partial charge in [-0.25, -0.2) is 0 Å². The molecule has 1 saturated heterocycles. The highest BCUT2D eigenvalue weighted by molar-refractivity contribution is 6.30. The molecule has 0 spiro atoms. The normalized spacial score (nSPS) is 16.7. The molecule has 1 aliphatic heterocycles. The van der Waals surface area contributed by atoms with Crippen LogP contribution in [-0.2, 0) is 4.74 Å². The van der Waals surface area contributed by atoms with Crippen LogP contribution < -0.4 is 4.74 Å². The number of fused-ring (bicyclic) bond motifs is 2. The number of hydrogen-bond donors (Lipinski definition) is 1. The van der Waals surface area contributed by atoms with Gasteiger partial charge >= 0.3 is 0 Å². The van der Waals surface area contributed by atoms with Gasteiger partial charge in [0.15, 0.2) is 11.6 Å². The topological polar surface area (TPSA) is 76.1 Å². The molecule has 1 N–H and O–H groups in total. The van der Waals surface area contributed by atoms with Gasteiger partial charge in [-0.05, 0) is 18.6 Å². The Morgan fingerprint density at radius 3 is 2.33 bits per heavy atom. The summed E-state index contributed by atoms with van der Waals surface area (Å²) < 4.78 is 11.2. The minimum Gasteiger partial charge on any atom is -0.507 e. The maximum atomic E-state index is 12.9. The molecule has 1 aliphatic carbocycles. The highest BCUT2D eigenvalue weighted by atomic mass is 16.5. The molecule has 0 amide bonds. The maximum absolute atomic E-state index is 12.9. The molecule has 0 bridgehead atoms. The molecule has 6 heteroatoms. The van der Waals surface area contributed by atoms with E-state index in [2.05, 4.69) is 4.90 Å². The van der Waals surface area contributed by atoms with Crippen LogP contribution in [-0.4, -0.2) is 61.0 Å². The van der Waals surface area contributed by atoms with Gasteiger partial charge in [-0.2, -0.15) is 0 Å². The summed E-state index contributed by atoms with van der Waals surface area (Å²) in [5.74, 6) is -0.494. The molecule has 2 aromatic rings. The summed E-state index contributed by atoms with van der Waals surface area (Å²) in [5.41, 5.74) is 0.850. The maximum Gasteiger partial charge on any atom is 0.198 e. The fraction of sp³-hybridized carbons (Fsp3) is 0.333. The summed E-state index contributed by atoms with van der Waals surface area (Å²) in [7, 11) is 0. The lowest BCUT2D eigenvalue weighted by molar-refractivity contribution is 0.0357. The van der Waals surface area contributed by atoms with Gasteiger partial charge in [-0.15, -0.1) is 0 Å². The van der Waals surface area contributed by atoms with Crippen LogP contribution in [0.25, 0.3) is 0 Å². The van der Waals surface area contributed by atoms with E-state index in [4.69, 9.17) is 9.47 Å². The van der Waals surface area contributed by atoms with Crippen LogP contribution >= 0.6 is 0 Å². The zero-order valence-electron chi connectivity index (χ0n) is 14.9. The van der Waals surface area contributed by atoms with E-state index >= 15 is 0 Å². The molecule has 1 heterocycles. The number of carbonyl (C=O) groups excluding carboxylic acids is 2. The van der Waals surface area contributed by atoms with Crippen molar-refractivity contribution in [2.75, 3.05) is 39.5 Å². The second-order valence-corrected chi connectivity index (χ2v) is 6.69. The van der Waals surface area contributed by atoms with Crippen LogP contribution in [0.15, 0.2) is 36.4 Å². The van der Waals surface area contributed by atoms with Gasteiger partial charge in [0.05, 0.1) is 30.9 Å². The second kappa shape index (κ2) is 7.50. The minimum absolute atomic E-state index is 0.0318. The second-order valence-electron chi connectivity index (χ2n) is 6.69. The minimum atomic E-state index is -0.350. The number of benzene rings is 2. The first-order chi connectivity index (χ1) is 13.2. The Morgan fingerprint density at radius 2 is 1.63 bits per heavy atom. The first-order valence-corrected chi connectivity index (χ1v) is 9.14. The van der Waals surface area contributed by atoms with Gasteiger partial charge in [-0.3, -0.25) is 14.5 Å². The van der Waals surface area contributed by atoms with E-state index in [0.717, 1.165) is 39.3 Å². The molecule has 27 heavy (non-hydrogen) atoms. The third kappa shape index (κ3) is 3.34. The van der Waals surface area contributed by atoms with Crippen molar-refractivity contribution in [2.45, 2.75) is 6.42 Å². The predicted octanol–water partition coefficient (Wildman–Crippen LogP) is 2.27. The average Bonchev–Trinajstić information content (AvgIpc) is 2.71. The molecule has 6 nitrogen and oxygen atoms in total. The van der Waals surface area contributed by atoms with Gasteiger partial charge in [0, 0.05) is 30.8 Å². The van der Waals surface area contributed by atoms with E-state index in [1.807, 2.05) is 0 Å². The molecule has 0 saturated carbocycles. The molecule has 140 valence electrons. The number of morpholine rings is 1. The van der Waals surface area contributed by atoms with E-state index in [-0.39, 0.29) is 28.4 Å². The third-order valence-electron chi connectivity index (χ3n) is 5.00. The van der Waals surface area contributed by atoms with Crippen LogP contribution in [0.2, 0.25) is 0 Å². The quantitative estimate of drug-likeness (QED) is 0.697. The van der Waals surface area contributed by atoms with Crippen molar-refractivity contribution in [1.82, 2.24) is 4.90 Å². The molecule has 0 radical (unpaired) electrons. The van der Waals surface area contributed by atoms with E-state index in [0.29, 0.717) is 23.5 Å². The lowest BCUT2D eigenvalue weighted by Crippen LogP contribution is -2.37. The standard InChI is InChI=1S/C21H21NO5/c23-16-6-7-17(27-11-3-8-22-9-12-26-13-10-22)19-18(16)20(24)14-4-1-2-5-15(14)21(19)25/h1-2,4-7,23H,3,8-13H2. The number of hydrogen-bond acceptors (Lipinski definition) is 6. The monoisotopic (exact) mass is 367 g/mol. The van der Waals surface area contributed by atoms with E-state index in [9.17, 15) is 14.7 Å². The van der Waals surface area contributed by atoms with E-state index < -0.39 is 0 Å². The SMILES string of the molecule is O=C1c2ccccc2C(=O)c2c(OCCCN3CCOCC3)ccc(O)c21. The zero-order chi connectivity index (χ0) is 18.8. The Bertz CT molecular complexity index is 886. The van der Waals surface area contributed by atoms with Crippen molar-refractivity contribution in [2.24, 2.45) is 0 Å². The van der Waals surface area contributed by atoms with Crippen molar-refractivity contribution in [3.63, 3.8) is 0 Å². The van der Waals surface area contributed by atoms with Gasteiger partial charge < -0.3 is 14.6 Å². The van der Waals surface area contributed by atoms with Crippen LogP contribution in [0.1, 0.15) is 38.3 Å². The Hall–Kier alpha value is -2.70. The third-order valence-corrected chi connectivity index (χ3v) is 5.00.